The predicted molar refractivity (Wildman–Crippen MR) is 105 cm³/mol. The van der Waals surface area contributed by atoms with Crippen molar-refractivity contribution in [2.45, 2.75) is 13.5 Å². The normalized spacial score (nSPS) is 10.3. The molecule has 4 nitrogen and oxygen atoms in total. The van der Waals surface area contributed by atoms with Crippen molar-refractivity contribution in [1.82, 2.24) is 4.98 Å². The number of rotatable bonds is 5. The van der Waals surface area contributed by atoms with Gasteiger partial charge in [-0.25, -0.2) is 0 Å². The third-order valence-electron chi connectivity index (χ3n) is 3.70. The maximum Gasteiger partial charge on any atom is 0.274 e. The van der Waals surface area contributed by atoms with E-state index in [1.54, 1.807) is 12.3 Å². The Kier molecular flexibility index (Phi) is 5.46. The Morgan fingerprint density at radius 3 is 2.64 bits per heavy atom. The molecular weight excluding hydrogens is 378 g/mol. The first-order chi connectivity index (χ1) is 12.1. The van der Waals surface area contributed by atoms with Gasteiger partial charge in [0.05, 0.1) is 5.69 Å². The van der Waals surface area contributed by atoms with Crippen LogP contribution >= 0.6 is 15.9 Å². The molecule has 0 saturated heterocycles. The summed E-state index contributed by atoms with van der Waals surface area (Å²) in [5.41, 5.74) is 4.24. The summed E-state index contributed by atoms with van der Waals surface area (Å²) in [6, 6.07) is 19.5. The Bertz CT molecular complexity index is 881. The number of carbonyl (C=O) groups excluding carboxylic acids is 1. The van der Waals surface area contributed by atoms with E-state index in [9.17, 15) is 4.79 Å². The van der Waals surface area contributed by atoms with Crippen molar-refractivity contribution in [3.63, 3.8) is 0 Å². The van der Waals surface area contributed by atoms with Gasteiger partial charge in [0.15, 0.2) is 0 Å². The number of nitrogens with one attached hydrogen (secondary N) is 2. The predicted octanol–water partition coefficient (Wildman–Crippen LogP) is 5.02. The van der Waals surface area contributed by atoms with E-state index >= 15 is 0 Å². The lowest BCUT2D eigenvalue weighted by Crippen LogP contribution is -2.14. The molecule has 0 aliphatic heterocycles. The highest BCUT2D eigenvalue weighted by atomic mass is 79.9. The van der Waals surface area contributed by atoms with Crippen LogP contribution in [0.1, 0.15) is 21.6 Å². The first-order valence-electron chi connectivity index (χ1n) is 7.93. The number of hydrogen-bond acceptors (Lipinski definition) is 3. The highest BCUT2D eigenvalue weighted by Gasteiger charge is 2.10. The molecule has 0 spiro atoms. The van der Waals surface area contributed by atoms with Gasteiger partial charge in [0.2, 0.25) is 0 Å². The minimum Gasteiger partial charge on any atom is -0.381 e. The SMILES string of the molecule is Cc1ccc(NC(=O)c2cc(NCc3ccccc3)ccn2)c(Br)c1. The van der Waals surface area contributed by atoms with Gasteiger partial charge in [-0.15, -0.1) is 0 Å². The number of nitrogens with zero attached hydrogens (tertiary/aromatic N) is 1. The molecule has 0 bridgehead atoms. The molecule has 126 valence electrons. The Labute approximate surface area is 155 Å². The lowest BCUT2D eigenvalue weighted by atomic mass is 10.2. The van der Waals surface area contributed by atoms with Crippen LogP contribution in [-0.4, -0.2) is 10.9 Å². The molecule has 5 heteroatoms. The van der Waals surface area contributed by atoms with E-state index in [0.29, 0.717) is 12.2 Å². The van der Waals surface area contributed by atoms with Crippen LogP contribution in [0.15, 0.2) is 71.3 Å². The van der Waals surface area contributed by atoms with Crippen molar-refractivity contribution in [3.8, 4) is 0 Å². The van der Waals surface area contributed by atoms with Crippen LogP contribution in [0.4, 0.5) is 11.4 Å². The second kappa shape index (κ2) is 7.94. The van der Waals surface area contributed by atoms with Gasteiger partial charge in [0.25, 0.3) is 5.91 Å². The molecule has 0 unspecified atom stereocenters. The fourth-order valence-corrected chi connectivity index (χ4v) is 2.96. The highest BCUT2D eigenvalue weighted by molar-refractivity contribution is 9.10. The number of carbonyl (C=O) groups is 1. The topological polar surface area (TPSA) is 54.0 Å². The first-order valence-corrected chi connectivity index (χ1v) is 8.72. The molecule has 2 aromatic carbocycles. The van der Waals surface area contributed by atoms with Crippen molar-refractivity contribution in [1.29, 1.82) is 0 Å². The first kappa shape index (κ1) is 17.2. The van der Waals surface area contributed by atoms with Gasteiger partial charge in [-0.2, -0.15) is 0 Å². The van der Waals surface area contributed by atoms with Crippen molar-refractivity contribution >= 4 is 33.2 Å². The highest BCUT2D eigenvalue weighted by Crippen LogP contribution is 2.24. The number of halogens is 1. The van der Waals surface area contributed by atoms with E-state index in [1.165, 1.54) is 5.56 Å². The lowest BCUT2D eigenvalue weighted by molar-refractivity contribution is 0.102. The zero-order chi connectivity index (χ0) is 17.6. The molecule has 0 aliphatic carbocycles. The van der Waals surface area contributed by atoms with Crippen molar-refractivity contribution in [3.05, 3.63) is 88.2 Å². The Balaban J connectivity index is 1.69. The van der Waals surface area contributed by atoms with Crippen molar-refractivity contribution < 1.29 is 4.79 Å². The van der Waals surface area contributed by atoms with E-state index in [2.05, 4.69) is 43.7 Å². The number of benzene rings is 2. The van der Waals surface area contributed by atoms with Crippen LogP contribution in [-0.2, 0) is 6.54 Å². The zero-order valence-corrected chi connectivity index (χ0v) is 15.4. The number of anilines is 2. The molecule has 0 saturated carbocycles. The Hall–Kier alpha value is -2.66. The number of amides is 1. The van der Waals surface area contributed by atoms with Gasteiger partial charge in [-0.1, -0.05) is 36.4 Å². The summed E-state index contributed by atoms with van der Waals surface area (Å²) in [5, 5.41) is 6.19. The molecule has 0 atom stereocenters. The molecule has 3 aromatic rings. The van der Waals surface area contributed by atoms with Gasteiger partial charge >= 0.3 is 0 Å². The molecule has 0 aliphatic rings. The largest absolute Gasteiger partial charge is 0.381 e. The van der Waals surface area contributed by atoms with Crippen LogP contribution in [0.25, 0.3) is 0 Å². The van der Waals surface area contributed by atoms with Crippen molar-refractivity contribution in [2.24, 2.45) is 0 Å². The molecule has 1 heterocycles. The summed E-state index contributed by atoms with van der Waals surface area (Å²) in [4.78, 5) is 16.6. The average Bonchev–Trinajstić information content (AvgIpc) is 2.63. The second-order valence-electron chi connectivity index (χ2n) is 5.71. The Morgan fingerprint density at radius 1 is 1.08 bits per heavy atom. The summed E-state index contributed by atoms with van der Waals surface area (Å²) in [7, 11) is 0. The third kappa shape index (κ3) is 4.67. The average molecular weight is 396 g/mol. The number of pyridine rings is 1. The quantitative estimate of drug-likeness (QED) is 0.637. The van der Waals surface area contributed by atoms with Gasteiger partial charge in [-0.05, 0) is 58.2 Å². The van der Waals surface area contributed by atoms with Gasteiger partial charge in [-0.3, -0.25) is 9.78 Å². The maximum absolute atomic E-state index is 12.5. The van der Waals surface area contributed by atoms with E-state index in [-0.39, 0.29) is 5.91 Å². The fraction of sp³-hybridized carbons (Fsp3) is 0.100. The molecule has 0 radical (unpaired) electrons. The number of aromatic nitrogens is 1. The van der Waals surface area contributed by atoms with E-state index < -0.39 is 0 Å². The molecule has 3 rings (SSSR count). The minimum atomic E-state index is -0.243. The minimum absolute atomic E-state index is 0.243. The van der Waals surface area contributed by atoms with Gasteiger partial charge in [0.1, 0.15) is 5.69 Å². The van der Waals surface area contributed by atoms with Gasteiger partial charge in [0, 0.05) is 22.9 Å². The standard InChI is InChI=1S/C20H18BrN3O/c1-14-7-8-18(17(21)11-14)24-20(25)19-12-16(9-10-22-19)23-13-15-5-3-2-4-6-15/h2-12H,13H2,1H3,(H,22,23)(H,24,25). The summed E-state index contributed by atoms with van der Waals surface area (Å²) in [6.45, 7) is 2.69. The molecule has 1 amide bonds. The van der Waals surface area contributed by atoms with Crippen LogP contribution in [0, 0.1) is 6.92 Å². The third-order valence-corrected chi connectivity index (χ3v) is 4.36. The van der Waals surface area contributed by atoms with E-state index in [1.807, 2.05) is 49.4 Å². The summed E-state index contributed by atoms with van der Waals surface area (Å²) < 4.78 is 0.846. The zero-order valence-electron chi connectivity index (χ0n) is 13.8. The smallest absolute Gasteiger partial charge is 0.274 e. The van der Waals surface area contributed by atoms with Gasteiger partial charge < -0.3 is 10.6 Å². The monoisotopic (exact) mass is 395 g/mol. The van der Waals surface area contributed by atoms with Crippen LogP contribution < -0.4 is 10.6 Å². The fourth-order valence-electron chi connectivity index (χ4n) is 2.37. The molecule has 0 fully saturated rings. The van der Waals surface area contributed by atoms with Crippen LogP contribution in [0.2, 0.25) is 0 Å². The molecular formula is C20H18BrN3O. The lowest BCUT2D eigenvalue weighted by Gasteiger charge is -2.10. The van der Waals surface area contributed by atoms with E-state index in [4.69, 9.17) is 0 Å². The Morgan fingerprint density at radius 2 is 1.88 bits per heavy atom. The van der Waals surface area contributed by atoms with E-state index in [0.717, 1.165) is 21.4 Å². The second-order valence-corrected chi connectivity index (χ2v) is 6.56. The van der Waals surface area contributed by atoms with Crippen LogP contribution in [0.5, 0.6) is 0 Å². The molecule has 25 heavy (non-hydrogen) atoms. The van der Waals surface area contributed by atoms with Crippen molar-refractivity contribution in [2.75, 3.05) is 10.6 Å². The summed E-state index contributed by atoms with van der Waals surface area (Å²) in [6.07, 6.45) is 1.63. The number of hydrogen-bond donors (Lipinski definition) is 2. The molecule has 2 N–H and O–H groups in total. The maximum atomic E-state index is 12.5. The molecule has 1 aromatic heterocycles. The van der Waals surface area contributed by atoms with Crippen LogP contribution in [0.3, 0.4) is 0 Å². The summed E-state index contributed by atoms with van der Waals surface area (Å²) >= 11 is 3.47. The summed E-state index contributed by atoms with van der Waals surface area (Å²) in [5.74, 6) is -0.243. The number of aryl methyl sites for hydroxylation is 1.